The van der Waals surface area contributed by atoms with E-state index in [1.165, 1.54) is 29.8 Å². The topological polar surface area (TPSA) is 96.4 Å². The van der Waals surface area contributed by atoms with E-state index >= 15 is 0 Å². The molecule has 0 unspecified atom stereocenters. The Balaban J connectivity index is 1.99. The fourth-order valence-corrected chi connectivity index (χ4v) is 3.52. The van der Waals surface area contributed by atoms with Crippen LogP contribution >= 0.6 is 33.9 Å². The maximum Gasteiger partial charge on any atom is 0.287 e. The van der Waals surface area contributed by atoms with Gasteiger partial charge in [-0.25, -0.2) is 9.87 Å². The third-order valence-electron chi connectivity index (χ3n) is 3.16. The van der Waals surface area contributed by atoms with Crippen molar-refractivity contribution in [3.05, 3.63) is 44.9 Å². The molecule has 0 aliphatic rings. The zero-order valence-electron chi connectivity index (χ0n) is 12.6. The van der Waals surface area contributed by atoms with Crippen LogP contribution in [0.2, 0.25) is 0 Å². The Labute approximate surface area is 159 Å². The van der Waals surface area contributed by atoms with Crippen molar-refractivity contribution in [2.45, 2.75) is 0 Å². The van der Waals surface area contributed by atoms with Gasteiger partial charge >= 0.3 is 0 Å². The number of amides is 1. The van der Waals surface area contributed by atoms with Gasteiger partial charge in [0, 0.05) is 8.96 Å². The maximum absolute atomic E-state index is 14.2. The molecule has 0 atom stereocenters. The Hall–Kier alpha value is -1.89. The first-order chi connectivity index (χ1) is 12.1. The average Bonchev–Trinajstić information content (AvgIpc) is 2.96. The number of carbonyl (C=O) groups excluding carboxylic acids is 1. The van der Waals surface area contributed by atoms with Crippen molar-refractivity contribution >= 4 is 61.3 Å². The van der Waals surface area contributed by atoms with Gasteiger partial charge in [-0.05, 0) is 40.8 Å². The first-order valence-electron chi connectivity index (χ1n) is 7.08. The van der Waals surface area contributed by atoms with Gasteiger partial charge in [0.05, 0.1) is 41.7 Å². The van der Waals surface area contributed by atoms with E-state index in [4.69, 9.17) is 9.94 Å². The lowest BCUT2D eigenvalue weighted by Gasteiger charge is -2.10. The molecule has 3 rings (SSSR count). The molecule has 3 aromatic rings. The number of nitrogens with one attached hydrogen (secondary N) is 2. The van der Waals surface area contributed by atoms with Gasteiger partial charge in [-0.2, -0.15) is 10.2 Å². The minimum atomic E-state index is -0.511. The van der Waals surface area contributed by atoms with Gasteiger partial charge in [-0.15, -0.1) is 11.3 Å². The quantitative estimate of drug-likeness (QED) is 0.289. The smallest absolute Gasteiger partial charge is 0.287 e. The zero-order chi connectivity index (χ0) is 17.8. The molecule has 0 saturated carbocycles. The Morgan fingerprint density at radius 1 is 1.36 bits per heavy atom. The van der Waals surface area contributed by atoms with Gasteiger partial charge < -0.3 is 10.4 Å². The molecule has 2 aromatic heterocycles. The number of carbonyl (C=O) groups is 1. The van der Waals surface area contributed by atoms with E-state index in [2.05, 4.69) is 21.0 Å². The van der Waals surface area contributed by atoms with Gasteiger partial charge in [0.1, 0.15) is 10.7 Å². The van der Waals surface area contributed by atoms with Crippen molar-refractivity contribution in [2.24, 2.45) is 0 Å². The third kappa shape index (κ3) is 4.03. The van der Waals surface area contributed by atoms with Crippen LogP contribution in [-0.2, 0) is 4.84 Å². The first-order valence-corrected chi connectivity index (χ1v) is 8.98. The Bertz CT molecular complexity index is 921. The van der Waals surface area contributed by atoms with Crippen molar-refractivity contribution in [3.63, 3.8) is 0 Å². The van der Waals surface area contributed by atoms with Gasteiger partial charge in [0.25, 0.3) is 5.91 Å². The second kappa shape index (κ2) is 7.99. The van der Waals surface area contributed by atoms with E-state index in [1.807, 2.05) is 22.6 Å². The molecule has 7 nitrogen and oxygen atoms in total. The van der Waals surface area contributed by atoms with Crippen molar-refractivity contribution in [1.82, 2.24) is 15.7 Å². The van der Waals surface area contributed by atoms with Crippen LogP contribution in [-0.4, -0.2) is 34.4 Å². The van der Waals surface area contributed by atoms with Crippen molar-refractivity contribution < 1.29 is 19.1 Å². The monoisotopic (exact) mass is 474 g/mol. The molecule has 10 heteroatoms. The number of aromatic nitrogens is 2. The number of hydrogen-bond donors (Lipinski definition) is 3. The van der Waals surface area contributed by atoms with Crippen LogP contribution in [0.25, 0.3) is 10.1 Å². The highest BCUT2D eigenvalue weighted by Gasteiger charge is 2.20. The number of thiophene rings is 1. The van der Waals surface area contributed by atoms with Crippen LogP contribution in [0.15, 0.2) is 30.6 Å². The molecular formula is C15H12FIN4O3S. The van der Waals surface area contributed by atoms with Crippen molar-refractivity contribution in [3.8, 4) is 0 Å². The van der Waals surface area contributed by atoms with Gasteiger partial charge in [0.15, 0.2) is 0 Å². The summed E-state index contributed by atoms with van der Waals surface area (Å²) < 4.78 is 15.7. The molecule has 25 heavy (non-hydrogen) atoms. The molecule has 0 fully saturated rings. The standard InChI is InChI=1S/C15H12FIN4O3S/c16-10-5-8(17)1-2-11(10)20-13-9-6-18-19-7-12(9)25-14(13)15(23)21-24-4-3-22/h1-2,5-7,20,22H,3-4H2,(H,21,23). The summed E-state index contributed by atoms with van der Waals surface area (Å²) in [6.07, 6.45) is 3.03. The van der Waals surface area contributed by atoms with E-state index in [1.54, 1.807) is 12.1 Å². The average molecular weight is 474 g/mol. The number of hydrogen-bond acceptors (Lipinski definition) is 7. The van der Waals surface area contributed by atoms with Crippen molar-refractivity contribution in [1.29, 1.82) is 0 Å². The number of aliphatic hydroxyl groups is 1. The number of hydroxylamine groups is 1. The molecule has 0 radical (unpaired) electrons. The summed E-state index contributed by atoms with van der Waals surface area (Å²) in [5.74, 6) is -0.945. The first kappa shape index (κ1) is 17.9. The van der Waals surface area contributed by atoms with Crippen molar-refractivity contribution in [2.75, 3.05) is 18.5 Å². The predicted molar refractivity (Wildman–Crippen MR) is 100 cm³/mol. The maximum atomic E-state index is 14.2. The molecule has 2 heterocycles. The summed E-state index contributed by atoms with van der Waals surface area (Å²) in [4.78, 5) is 17.5. The highest BCUT2D eigenvalue weighted by Crippen LogP contribution is 2.37. The summed E-state index contributed by atoms with van der Waals surface area (Å²) in [5.41, 5.74) is 2.90. The van der Waals surface area contributed by atoms with Gasteiger partial charge in [0.2, 0.25) is 0 Å². The van der Waals surface area contributed by atoms with Gasteiger partial charge in [-0.1, -0.05) is 0 Å². The molecule has 0 saturated heterocycles. The molecule has 130 valence electrons. The molecule has 0 spiro atoms. The van der Waals surface area contributed by atoms with E-state index in [0.29, 0.717) is 16.0 Å². The number of fused-ring (bicyclic) bond motifs is 1. The van der Waals surface area contributed by atoms with Crippen LogP contribution in [0, 0.1) is 9.39 Å². The lowest BCUT2D eigenvalue weighted by atomic mass is 10.2. The zero-order valence-corrected chi connectivity index (χ0v) is 15.6. The number of benzene rings is 1. The van der Waals surface area contributed by atoms with Crippen LogP contribution in [0.5, 0.6) is 0 Å². The van der Waals surface area contributed by atoms with Crippen LogP contribution in [0.3, 0.4) is 0 Å². The van der Waals surface area contributed by atoms with E-state index in [0.717, 1.165) is 8.27 Å². The summed E-state index contributed by atoms with van der Waals surface area (Å²) in [6, 6.07) is 4.74. The molecular weight excluding hydrogens is 462 g/mol. The van der Waals surface area contributed by atoms with E-state index < -0.39 is 11.7 Å². The van der Waals surface area contributed by atoms with Crippen LogP contribution in [0.1, 0.15) is 9.67 Å². The summed E-state index contributed by atoms with van der Waals surface area (Å²) in [7, 11) is 0. The van der Waals surface area contributed by atoms with E-state index in [9.17, 15) is 9.18 Å². The molecule has 0 bridgehead atoms. The number of aliphatic hydroxyl groups excluding tert-OH is 1. The summed E-state index contributed by atoms with van der Waals surface area (Å²) >= 11 is 3.19. The van der Waals surface area contributed by atoms with Crippen LogP contribution in [0.4, 0.5) is 15.8 Å². The number of halogens is 2. The molecule has 1 amide bonds. The third-order valence-corrected chi connectivity index (χ3v) is 4.97. The molecule has 3 N–H and O–H groups in total. The number of rotatable bonds is 6. The van der Waals surface area contributed by atoms with E-state index in [-0.39, 0.29) is 18.9 Å². The molecule has 1 aromatic carbocycles. The second-order valence-electron chi connectivity index (χ2n) is 4.83. The minimum absolute atomic E-state index is 0.0335. The SMILES string of the molecule is O=C(NOCCO)c1sc2cnncc2c1Nc1ccc(I)cc1F. The summed E-state index contributed by atoms with van der Waals surface area (Å²) in [5, 5.41) is 20.0. The minimum Gasteiger partial charge on any atom is -0.394 e. The normalized spacial score (nSPS) is 10.8. The predicted octanol–water partition coefficient (Wildman–Crippen LogP) is 2.83. The highest BCUT2D eigenvalue weighted by atomic mass is 127. The fraction of sp³-hybridized carbons (Fsp3) is 0.133. The number of anilines is 2. The number of nitrogens with zero attached hydrogens (tertiary/aromatic N) is 2. The Morgan fingerprint density at radius 2 is 2.16 bits per heavy atom. The molecule has 0 aliphatic carbocycles. The Kier molecular flexibility index (Phi) is 5.73. The summed E-state index contributed by atoms with van der Waals surface area (Å²) in [6.45, 7) is -0.256. The lowest BCUT2D eigenvalue weighted by molar-refractivity contribution is 0.0172. The van der Waals surface area contributed by atoms with Gasteiger partial charge in [-0.3, -0.25) is 9.63 Å². The lowest BCUT2D eigenvalue weighted by Crippen LogP contribution is -2.24. The highest BCUT2D eigenvalue weighted by molar-refractivity contribution is 14.1. The Morgan fingerprint density at radius 3 is 2.92 bits per heavy atom. The second-order valence-corrected chi connectivity index (χ2v) is 7.12. The van der Waals surface area contributed by atoms with Crippen LogP contribution < -0.4 is 10.8 Å². The fourth-order valence-electron chi connectivity index (χ4n) is 2.08. The largest absolute Gasteiger partial charge is 0.394 e. The molecule has 0 aliphatic heterocycles.